The van der Waals surface area contributed by atoms with Gasteiger partial charge in [0.2, 0.25) is 11.8 Å². The first-order chi connectivity index (χ1) is 15.3. The summed E-state index contributed by atoms with van der Waals surface area (Å²) in [7, 11) is 0. The maximum atomic E-state index is 13.3. The third-order valence-electron chi connectivity index (χ3n) is 5.84. The zero-order valence-corrected chi connectivity index (χ0v) is 17.2. The van der Waals surface area contributed by atoms with Gasteiger partial charge in [0.05, 0.1) is 16.8 Å². The number of para-hydroxylation sites is 1. The molecule has 3 amide bonds. The van der Waals surface area contributed by atoms with E-state index in [1.165, 1.54) is 23.1 Å². The zero-order valence-electron chi connectivity index (χ0n) is 17.2. The molecule has 1 fully saturated rings. The summed E-state index contributed by atoms with van der Waals surface area (Å²) in [5.41, 5.74) is -0.215. The molecule has 0 aromatic heterocycles. The molecule has 2 heterocycles. The minimum atomic E-state index is -4.54. The fourth-order valence-electron chi connectivity index (χ4n) is 4.28. The molecule has 0 aliphatic carbocycles. The van der Waals surface area contributed by atoms with Crippen LogP contribution in [0.25, 0.3) is 0 Å². The number of alkyl halides is 3. The molecule has 9 heteroatoms. The summed E-state index contributed by atoms with van der Waals surface area (Å²) in [5.74, 6) is -1.21. The molecular formula is C23H22F3N3O3. The lowest BCUT2D eigenvalue weighted by atomic mass is 10.0. The second kappa shape index (κ2) is 8.64. The molecule has 1 saturated heterocycles. The van der Waals surface area contributed by atoms with Crippen LogP contribution in [0.3, 0.4) is 0 Å². The van der Waals surface area contributed by atoms with E-state index in [1.54, 1.807) is 29.2 Å². The Labute approximate surface area is 183 Å². The van der Waals surface area contributed by atoms with Crippen LogP contribution in [0.5, 0.6) is 0 Å². The van der Waals surface area contributed by atoms with Crippen molar-refractivity contribution in [3.63, 3.8) is 0 Å². The van der Waals surface area contributed by atoms with Crippen LogP contribution in [0.2, 0.25) is 0 Å². The van der Waals surface area contributed by atoms with Crippen molar-refractivity contribution in [3.05, 3.63) is 65.2 Å². The van der Waals surface area contributed by atoms with Crippen LogP contribution in [0, 0.1) is 0 Å². The maximum Gasteiger partial charge on any atom is 0.416 e. The molecule has 2 aromatic rings. The van der Waals surface area contributed by atoms with Gasteiger partial charge >= 0.3 is 6.18 Å². The van der Waals surface area contributed by atoms with Crippen molar-refractivity contribution < 1.29 is 27.6 Å². The average molecular weight is 445 g/mol. The summed E-state index contributed by atoms with van der Waals surface area (Å²) in [5, 5.41) is 2.48. The maximum absolute atomic E-state index is 13.3. The Morgan fingerprint density at radius 2 is 1.75 bits per heavy atom. The van der Waals surface area contributed by atoms with Crippen LogP contribution in [-0.4, -0.2) is 41.8 Å². The molecule has 1 atom stereocenters. The van der Waals surface area contributed by atoms with Crippen molar-refractivity contribution in [2.75, 3.05) is 18.0 Å². The number of piperidine rings is 1. The van der Waals surface area contributed by atoms with Gasteiger partial charge in [0.15, 0.2) is 0 Å². The van der Waals surface area contributed by atoms with Gasteiger partial charge in [-0.3, -0.25) is 14.4 Å². The minimum Gasteiger partial charge on any atom is -0.350 e. The fourth-order valence-corrected chi connectivity index (χ4v) is 4.28. The number of halogens is 3. The van der Waals surface area contributed by atoms with Crippen LogP contribution in [0.1, 0.15) is 40.7 Å². The Morgan fingerprint density at radius 1 is 1.03 bits per heavy atom. The molecular weight excluding hydrogens is 423 g/mol. The summed E-state index contributed by atoms with van der Waals surface area (Å²) < 4.78 is 39.6. The van der Waals surface area contributed by atoms with E-state index in [0.717, 1.165) is 18.9 Å². The standard InChI is InChI=1S/C23H22F3N3O3/c24-23(25,26)17-9-3-1-7-15(17)13-27-20(30)14-29-18-10-4-2-8-16(18)21(31)28-12-6-5-11-19(28)22(29)32/h1-4,7-10,19H,5-6,11-14H2,(H,27,30)/t19-/m1/s1. The predicted molar refractivity (Wildman–Crippen MR) is 111 cm³/mol. The Balaban J connectivity index is 1.55. The van der Waals surface area contributed by atoms with Gasteiger partial charge in [0.25, 0.3) is 5.91 Å². The minimum absolute atomic E-state index is 0.0652. The number of anilines is 1. The first kappa shape index (κ1) is 21.9. The quantitative estimate of drug-likeness (QED) is 0.785. The number of nitrogens with one attached hydrogen (secondary N) is 1. The normalized spacial score (nSPS) is 18.7. The summed E-state index contributed by atoms with van der Waals surface area (Å²) in [4.78, 5) is 41.8. The number of amides is 3. The molecule has 168 valence electrons. The van der Waals surface area contributed by atoms with Gasteiger partial charge in [0.1, 0.15) is 12.6 Å². The molecule has 0 saturated carbocycles. The summed E-state index contributed by atoms with van der Waals surface area (Å²) >= 11 is 0. The number of fused-ring (bicyclic) bond motifs is 2. The van der Waals surface area contributed by atoms with Crippen molar-refractivity contribution in [1.82, 2.24) is 10.2 Å². The zero-order chi connectivity index (χ0) is 22.9. The first-order valence-corrected chi connectivity index (χ1v) is 10.4. The van der Waals surface area contributed by atoms with Crippen LogP contribution in [0.15, 0.2) is 48.5 Å². The Kier molecular flexibility index (Phi) is 5.90. The van der Waals surface area contributed by atoms with Crippen molar-refractivity contribution >= 4 is 23.4 Å². The van der Waals surface area contributed by atoms with E-state index in [1.807, 2.05) is 0 Å². The largest absolute Gasteiger partial charge is 0.416 e. The first-order valence-electron chi connectivity index (χ1n) is 10.4. The second-order valence-corrected chi connectivity index (χ2v) is 7.88. The third kappa shape index (κ3) is 4.19. The molecule has 2 aromatic carbocycles. The number of hydrogen-bond acceptors (Lipinski definition) is 3. The van der Waals surface area contributed by atoms with Crippen molar-refractivity contribution in [1.29, 1.82) is 0 Å². The predicted octanol–water partition coefficient (Wildman–Crippen LogP) is 3.36. The van der Waals surface area contributed by atoms with Crippen LogP contribution < -0.4 is 10.2 Å². The smallest absolute Gasteiger partial charge is 0.350 e. The number of carbonyl (C=O) groups excluding carboxylic acids is 3. The lowest BCUT2D eigenvalue weighted by molar-refractivity contribution is -0.138. The Bertz CT molecular complexity index is 1050. The SMILES string of the molecule is O=C(CN1C(=O)[C@H]2CCCCN2C(=O)c2ccccc21)NCc1ccccc1C(F)(F)F. The van der Waals surface area contributed by atoms with E-state index in [-0.39, 0.29) is 30.5 Å². The molecule has 0 radical (unpaired) electrons. The van der Waals surface area contributed by atoms with Crippen molar-refractivity contribution in [2.45, 2.75) is 38.0 Å². The van der Waals surface area contributed by atoms with E-state index in [2.05, 4.69) is 5.32 Å². The molecule has 32 heavy (non-hydrogen) atoms. The number of benzene rings is 2. The molecule has 0 unspecified atom stereocenters. The number of carbonyl (C=O) groups is 3. The summed E-state index contributed by atoms with van der Waals surface area (Å²) in [6.45, 7) is -0.244. The van der Waals surface area contributed by atoms with Gasteiger partial charge in [-0.05, 0) is 43.0 Å². The van der Waals surface area contributed by atoms with Gasteiger partial charge in [-0.1, -0.05) is 30.3 Å². The molecule has 4 rings (SSSR count). The van der Waals surface area contributed by atoms with Crippen molar-refractivity contribution in [3.8, 4) is 0 Å². The van der Waals surface area contributed by atoms with E-state index < -0.39 is 23.7 Å². The monoisotopic (exact) mass is 445 g/mol. The van der Waals surface area contributed by atoms with E-state index in [9.17, 15) is 27.6 Å². The van der Waals surface area contributed by atoms with Crippen LogP contribution in [-0.2, 0) is 22.3 Å². The molecule has 2 aliphatic heterocycles. The van der Waals surface area contributed by atoms with Gasteiger partial charge in [-0.25, -0.2) is 0 Å². The van der Waals surface area contributed by atoms with Gasteiger partial charge < -0.3 is 15.1 Å². The molecule has 1 N–H and O–H groups in total. The van der Waals surface area contributed by atoms with Gasteiger partial charge in [-0.2, -0.15) is 13.2 Å². The van der Waals surface area contributed by atoms with E-state index >= 15 is 0 Å². The van der Waals surface area contributed by atoms with Gasteiger partial charge in [0, 0.05) is 13.1 Å². The Hall–Kier alpha value is -3.36. The summed E-state index contributed by atoms with van der Waals surface area (Å²) in [6, 6.07) is 11.0. The second-order valence-electron chi connectivity index (χ2n) is 7.88. The molecule has 2 aliphatic rings. The third-order valence-corrected chi connectivity index (χ3v) is 5.84. The molecule has 6 nitrogen and oxygen atoms in total. The van der Waals surface area contributed by atoms with E-state index in [0.29, 0.717) is 24.2 Å². The topological polar surface area (TPSA) is 69.7 Å². The molecule has 0 bridgehead atoms. The fraction of sp³-hybridized carbons (Fsp3) is 0.348. The lowest BCUT2D eigenvalue weighted by Gasteiger charge is -2.34. The number of hydrogen-bond donors (Lipinski definition) is 1. The Morgan fingerprint density at radius 3 is 2.53 bits per heavy atom. The lowest BCUT2D eigenvalue weighted by Crippen LogP contribution is -2.52. The highest BCUT2D eigenvalue weighted by Gasteiger charge is 2.41. The summed E-state index contributed by atoms with van der Waals surface area (Å²) in [6.07, 6.45) is -2.43. The average Bonchev–Trinajstić information content (AvgIpc) is 2.87. The highest BCUT2D eigenvalue weighted by atomic mass is 19.4. The van der Waals surface area contributed by atoms with Crippen LogP contribution >= 0.6 is 0 Å². The van der Waals surface area contributed by atoms with Gasteiger partial charge in [-0.15, -0.1) is 0 Å². The molecule has 0 spiro atoms. The van der Waals surface area contributed by atoms with E-state index in [4.69, 9.17) is 0 Å². The van der Waals surface area contributed by atoms with Crippen molar-refractivity contribution in [2.24, 2.45) is 0 Å². The highest BCUT2D eigenvalue weighted by Crippen LogP contribution is 2.33. The number of nitrogens with zero attached hydrogens (tertiary/aromatic N) is 2. The number of rotatable bonds is 4. The van der Waals surface area contributed by atoms with Crippen LogP contribution in [0.4, 0.5) is 18.9 Å². The highest BCUT2D eigenvalue weighted by molar-refractivity contribution is 6.12.